The number of nitrogens with one attached hydrogen (secondary N) is 1. The van der Waals surface area contributed by atoms with E-state index in [4.69, 9.17) is 17.3 Å². The first-order valence-corrected chi connectivity index (χ1v) is 8.17. The molecule has 1 heterocycles. The second kappa shape index (κ2) is 7.21. The van der Waals surface area contributed by atoms with Gasteiger partial charge in [-0.05, 0) is 35.7 Å². The number of anilines is 1. The van der Waals surface area contributed by atoms with Crippen LogP contribution in [0.3, 0.4) is 0 Å². The van der Waals surface area contributed by atoms with E-state index < -0.39 is 23.7 Å². The molecular formula is C18H17ClFN3O2. The minimum atomic E-state index is -0.615. The first-order chi connectivity index (χ1) is 11.9. The smallest absolute Gasteiger partial charge is 0.238 e. The van der Waals surface area contributed by atoms with Gasteiger partial charge in [0.25, 0.3) is 0 Å². The standard InChI is InChI=1S/C18H17ClFN3O2/c19-13-5-6-15(14(20)8-13)22-17(24)10-23-9-12-4-2-1-3-11(12)7-16(23)18(21)25/h1-6,8,16H,7,9-10H2,(H2,21,25)(H,22,24). The lowest BCUT2D eigenvalue weighted by Crippen LogP contribution is -2.50. The molecule has 0 radical (unpaired) electrons. The van der Waals surface area contributed by atoms with Gasteiger partial charge in [-0.25, -0.2) is 4.39 Å². The zero-order chi connectivity index (χ0) is 18.0. The normalized spacial score (nSPS) is 17.0. The lowest BCUT2D eigenvalue weighted by Gasteiger charge is -2.34. The Hall–Kier alpha value is -2.44. The number of amides is 2. The molecule has 0 aliphatic carbocycles. The first kappa shape index (κ1) is 17.4. The summed E-state index contributed by atoms with van der Waals surface area (Å²) in [7, 11) is 0. The highest BCUT2D eigenvalue weighted by atomic mass is 35.5. The molecule has 7 heteroatoms. The molecule has 0 spiro atoms. The number of carbonyl (C=O) groups excluding carboxylic acids is 2. The molecule has 0 fully saturated rings. The van der Waals surface area contributed by atoms with Crippen LogP contribution in [0.15, 0.2) is 42.5 Å². The van der Waals surface area contributed by atoms with Crippen molar-refractivity contribution in [2.24, 2.45) is 5.73 Å². The molecule has 0 saturated carbocycles. The van der Waals surface area contributed by atoms with E-state index >= 15 is 0 Å². The lowest BCUT2D eigenvalue weighted by molar-refractivity contribution is -0.125. The SMILES string of the molecule is NC(=O)C1Cc2ccccc2CN1CC(=O)Nc1ccc(Cl)cc1F. The molecule has 0 saturated heterocycles. The molecule has 1 aliphatic rings. The Balaban J connectivity index is 1.74. The Morgan fingerprint density at radius 1 is 1.24 bits per heavy atom. The van der Waals surface area contributed by atoms with Gasteiger partial charge < -0.3 is 11.1 Å². The van der Waals surface area contributed by atoms with Gasteiger partial charge >= 0.3 is 0 Å². The Morgan fingerprint density at radius 3 is 2.64 bits per heavy atom. The van der Waals surface area contributed by atoms with Crippen LogP contribution in [0.2, 0.25) is 5.02 Å². The highest BCUT2D eigenvalue weighted by Crippen LogP contribution is 2.23. The first-order valence-electron chi connectivity index (χ1n) is 7.79. The molecule has 3 N–H and O–H groups in total. The zero-order valence-electron chi connectivity index (χ0n) is 13.3. The van der Waals surface area contributed by atoms with Crippen LogP contribution in [0.25, 0.3) is 0 Å². The largest absolute Gasteiger partial charge is 0.368 e. The van der Waals surface area contributed by atoms with E-state index in [1.807, 2.05) is 24.3 Å². The number of nitrogens with two attached hydrogens (primary N) is 1. The van der Waals surface area contributed by atoms with Crippen LogP contribution >= 0.6 is 11.6 Å². The van der Waals surface area contributed by atoms with E-state index in [9.17, 15) is 14.0 Å². The summed E-state index contributed by atoms with van der Waals surface area (Å²) in [6.45, 7) is 0.365. The van der Waals surface area contributed by atoms with Crippen LogP contribution in [-0.2, 0) is 22.6 Å². The summed E-state index contributed by atoms with van der Waals surface area (Å²) in [6, 6.07) is 11.2. The Kier molecular flexibility index (Phi) is 5.01. The molecule has 2 aromatic carbocycles. The van der Waals surface area contributed by atoms with E-state index in [-0.39, 0.29) is 17.3 Å². The van der Waals surface area contributed by atoms with E-state index in [1.165, 1.54) is 12.1 Å². The molecule has 1 atom stereocenters. The minimum absolute atomic E-state index is 0.0439. The fourth-order valence-electron chi connectivity index (χ4n) is 2.99. The average molecular weight is 362 g/mol. The van der Waals surface area contributed by atoms with Crippen molar-refractivity contribution in [2.75, 3.05) is 11.9 Å². The summed E-state index contributed by atoms with van der Waals surface area (Å²) in [5.41, 5.74) is 7.64. The van der Waals surface area contributed by atoms with E-state index in [0.29, 0.717) is 13.0 Å². The third-order valence-corrected chi connectivity index (χ3v) is 4.46. The maximum atomic E-state index is 13.8. The quantitative estimate of drug-likeness (QED) is 0.877. The van der Waals surface area contributed by atoms with Crippen LogP contribution in [0, 0.1) is 5.82 Å². The Morgan fingerprint density at radius 2 is 1.96 bits per heavy atom. The summed E-state index contributed by atoms with van der Waals surface area (Å²) in [6.07, 6.45) is 0.452. The molecule has 3 rings (SSSR count). The number of fused-ring (bicyclic) bond motifs is 1. The molecule has 25 heavy (non-hydrogen) atoms. The number of nitrogens with zero attached hydrogens (tertiary/aromatic N) is 1. The molecule has 2 amide bonds. The van der Waals surface area contributed by atoms with Crippen molar-refractivity contribution >= 4 is 29.1 Å². The van der Waals surface area contributed by atoms with Crippen LogP contribution in [-0.4, -0.2) is 29.3 Å². The maximum absolute atomic E-state index is 13.8. The van der Waals surface area contributed by atoms with Gasteiger partial charge in [0, 0.05) is 11.6 Å². The molecule has 130 valence electrons. The molecule has 5 nitrogen and oxygen atoms in total. The highest BCUT2D eigenvalue weighted by molar-refractivity contribution is 6.30. The molecule has 1 aliphatic heterocycles. The highest BCUT2D eigenvalue weighted by Gasteiger charge is 2.31. The summed E-state index contributed by atoms with van der Waals surface area (Å²) >= 11 is 5.70. The van der Waals surface area contributed by atoms with Crippen LogP contribution in [0.5, 0.6) is 0 Å². The molecular weight excluding hydrogens is 345 g/mol. The van der Waals surface area contributed by atoms with Crippen LogP contribution in [0.1, 0.15) is 11.1 Å². The third-order valence-electron chi connectivity index (χ3n) is 4.23. The van der Waals surface area contributed by atoms with Gasteiger partial charge in [-0.2, -0.15) is 0 Å². The summed E-state index contributed by atoms with van der Waals surface area (Å²) in [4.78, 5) is 25.8. The number of benzene rings is 2. The minimum Gasteiger partial charge on any atom is -0.368 e. The summed E-state index contributed by atoms with van der Waals surface area (Å²) < 4.78 is 13.8. The van der Waals surface area contributed by atoms with Crippen molar-refractivity contribution in [3.05, 3.63) is 64.4 Å². The summed E-state index contributed by atoms with van der Waals surface area (Å²) in [5, 5.41) is 2.75. The van der Waals surface area contributed by atoms with Crippen molar-refractivity contribution in [2.45, 2.75) is 19.0 Å². The van der Waals surface area contributed by atoms with Crippen molar-refractivity contribution in [3.63, 3.8) is 0 Å². The van der Waals surface area contributed by atoms with Crippen molar-refractivity contribution in [3.8, 4) is 0 Å². The van der Waals surface area contributed by atoms with Crippen molar-refractivity contribution < 1.29 is 14.0 Å². The fourth-order valence-corrected chi connectivity index (χ4v) is 3.15. The predicted octanol–water partition coefficient (Wildman–Crippen LogP) is 2.33. The lowest BCUT2D eigenvalue weighted by atomic mass is 9.93. The number of hydrogen-bond acceptors (Lipinski definition) is 3. The van der Waals surface area contributed by atoms with Crippen LogP contribution in [0.4, 0.5) is 10.1 Å². The zero-order valence-corrected chi connectivity index (χ0v) is 14.1. The average Bonchev–Trinajstić information content (AvgIpc) is 2.56. The van der Waals surface area contributed by atoms with Gasteiger partial charge in [-0.1, -0.05) is 35.9 Å². The second-order valence-electron chi connectivity index (χ2n) is 5.97. The molecule has 1 unspecified atom stereocenters. The number of carbonyl (C=O) groups is 2. The summed E-state index contributed by atoms with van der Waals surface area (Å²) in [5.74, 6) is -1.52. The predicted molar refractivity (Wildman–Crippen MR) is 93.6 cm³/mol. The monoisotopic (exact) mass is 361 g/mol. The molecule has 0 aromatic heterocycles. The van der Waals surface area contributed by atoms with Gasteiger partial charge in [-0.3, -0.25) is 14.5 Å². The number of halogens is 2. The van der Waals surface area contributed by atoms with E-state index in [0.717, 1.165) is 17.2 Å². The maximum Gasteiger partial charge on any atom is 0.238 e. The Labute approximate surface area is 149 Å². The van der Waals surface area contributed by atoms with E-state index in [1.54, 1.807) is 4.90 Å². The molecule has 0 bridgehead atoms. The fraction of sp³-hybridized carbons (Fsp3) is 0.222. The number of primary amides is 1. The van der Waals surface area contributed by atoms with Gasteiger partial charge in [-0.15, -0.1) is 0 Å². The van der Waals surface area contributed by atoms with E-state index in [2.05, 4.69) is 5.32 Å². The van der Waals surface area contributed by atoms with Crippen molar-refractivity contribution in [1.82, 2.24) is 4.90 Å². The molecule has 2 aromatic rings. The Bertz CT molecular complexity index is 828. The van der Waals surface area contributed by atoms with Gasteiger partial charge in [0.05, 0.1) is 18.3 Å². The van der Waals surface area contributed by atoms with Gasteiger partial charge in [0.2, 0.25) is 11.8 Å². The van der Waals surface area contributed by atoms with Crippen LogP contribution < -0.4 is 11.1 Å². The second-order valence-corrected chi connectivity index (χ2v) is 6.40. The van der Waals surface area contributed by atoms with Gasteiger partial charge in [0.15, 0.2) is 0 Å². The topological polar surface area (TPSA) is 75.4 Å². The third kappa shape index (κ3) is 3.97. The number of rotatable bonds is 4. The van der Waals surface area contributed by atoms with Crippen molar-refractivity contribution in [1.29, 1.82) is 0 Å². The van der Waals surface area contributed by atoms with Gasteiger partial charge in [0.1, 0.15) is 5.82 Å². The number of hydrogen-bond donors (Lipinski definition) is 2.